The number of benzene rings is 1. The maximum absolute atomic E-state index is 12.8. The van der Waals surface area contributed by atoms with Crippen molar-refractivity contribution in [2.75, 3.05) is 32.7 Å². The monoisotopic (exact) mass is 441 g/mol. The van der Waals surface area contributed by atoms with Crippen LogP contribution in [0.4, 0.5) is 0 Å². The standard InChI is InChI=1S/C20H28ClN3O4S/c21-17-6-8-18(9-7-17)29(27,28)24-14-4-5-16(15-24)20(26)22-11-10-19(25)23-12-2-1-3-13-23/h6-9,16H,1-5,10-15H2,(H,22,26). The minimum absolute atomic E-state index is 0.0700. The number of likely N-dealkylation sites (tertiary alicyclic amines) is 1. The average molecular weight is 442 g/mol. The van der Waals surface area contributed by atoms with Crippen molar-refractivity contribution in [3.05, 3.63) is 29.3 Å². The molecule has 2 saturated heterocycles. The quantitative estimate of drug-likeness (QED) is 0.733. The Morgan fingerprint density at radius 3 is 2.41 bits per heavy atom. The van der Waals surface area contributed by atoms with Gasteiger partial charge in [-0.2, -0.15) is 4.31 Å². The van der Waals surface area contributed by atoms with E-state index < -0.39 is 15.9 Å². The molecular weight excluding hydrogens is 414 g/mol. The summed E-state index contributed by atoms with van der Waals surface area (Å²) in [5, 5.41) is 3.29. The number of nitrogens with one attached hydrogen (secondary N) is 1. The fourth-order valence-corrected chi connectivity index (χ4v) is 5.52. The summed E-state index contributed by atoms with van der Waals surface area (Å²) in [6, 6.07) is 6.05. The van der Waals surface area contributed by atoms with Gasteiger partial charge in [0, 0.05) is 44.2 Å². The van der Waals surface area contributed by atoms with Gasteiger partial charge in [-0.05, 0) is 56.4 Å². The first-order chi connectivity index (χ1) is 13.9. The zero-order valence-corrected chi connectivity index (χ0v) is 18.1. The van der Waals surface area contributed by atoms with Crippen LogP contribution in [0.3, 0.4) is 0 Å². The number of nitrogens with zero attached hydrogens (tertiary/aromatic N) is 2. The summed E-state index contributed by atoms with van der Waals surface area (Å²) in [6.07, 6.45) is 4.79. The summed E-state index contributed by atoms with van der Waals surface area (Å²) in [6.45, 7) is 2.42. The lowest BCUT2D eigenvalue weighted by Gasteiger charge is -2.31. The highest BCUT2D eigenvalue weighted by atomic mass is 35.5. The van der Waals surface area contributed by atoms with Gasteiger partial charge in [-0.1, -0.05) is 11.6 Å². The van der Waals surface area contributed by atoms with Gasteiger partial charge in [-0.3, -0.25) is 9.59 Å². The lowest BCUT2D eigenvalue weighted by atomic mass is 9.99. The third kappa shape index (κ3) is 5.71. The number of piperidine rings is 2. The first-order valence-electron chi connectivity index (χ1n) is 10.2. The van der Waals surface area contributed by atoms with Crippen molar-refractivity contribution < 1.29 is 18.0 Å². The van der Waals surface area contributed by atoms with Crippen molar-refractivity contribution in [3.63, 3.8) is 0 Å². The molecule has 7 nitrogen and oxygen atoms in total. The first-order valence-corrected chi connectivity index (χ1v) is 12.0. The Kier molecular flexibility index (Phi) is 7.54. The molecule has 2 heterocycles. The molecule has 2 aliphatic rings. The Morgan fingerprint density at radius 1 is 1.03 bits per heavy atom. The molecule has 0 bridgehead atoms. The van der Waals surface area contributed by atoms with Gasteiger partial charge in [0.2, 0.25) is 21.8 Å². The first kappa shape index (κ1) is 22.1. The largest absolute Gasteiger partial charge is 0.355 e. The van der Waals surface area contributed by atoms with Crippen molar-refractivity contribution in [3.8, 4) is 0 Å². The molecule has 2 fully saturated rings. The van der Waals surface area contributed by atoms with Crippen molar-refractivity contribution in [1.29, 1.82) is 0 Å². The molecule has 2 amide bonds. The van der Waals surface area contributed by atoms with Crippen molar-refractivity contribution in [1.82, 2.24) is 14.5 Å². The van der Waals surface area contributed by atoms with Crippen LogP contribution in [0, 0.1) is 5.92 Å². The summed E-state index contributed by atoms with van der Waals surface area (Å²) in [7, 11) is -3.66. The number of rotatable bonds is 6. The van der Waals surface area contributed by atoms with E-state index in [4.69, 9.17) is 11.6 Å². The Balaban J connectivity index is 1.51. The molecule has 1 aromatic carbocycles. The molecule has 1 atom stereocenters. The van der Waals surface area contributed by atoms with Crippen LogP contribution in [0.15, 0.2) is 29.2 Å². The number of carbonyl (C=O) groups is 2. The average Bonchev–Trinajstić information content (AvgIpc) is 2.74. The van der Waals surface area contributed by atoms with Crippen molar-refractivity contribution >= 4 is 33.4 Å². The van der Waals surface area contributed by atoms with Crippen LogP contribution in [0.25, 0.3) is 0 Å². The molecule has 29 heavy (non-hydrogen) atoms. The van der Waals surface area contributed by atoms with Gasteiger partial charge in [0.05, 0.1) is 10.8 Å². The fraction of sp³-hybridized carbons (Fsp3) is 0.600. The smallest absolute Gasteiger partial charge is 0.243 e. The Bertz CT molecular complexity index is 823. The Labute approximate surface area is 177 Å². The second kappa shape index (κ2) is 9.91. The van der Waals surface area contributed by atoms with E-state index in [0.29, 0.717) is 24.4 Å². The molecule has 0 aromatic heterocycles. The zero-order valence-electron chi connectivity index (χ0n) is 16.5. The van der Waals surface area contributed by atoms with E-state index in [1.807, 2.05) is 4.90 Å². The molecule has 0 aliphatic carbocycles. The lowest BCUT2D eigenvalue weighted by molar-refractivity contribution is -0.132. The predicted octanol–water partition coefficient (Wildman–Crippen LogP) is 2.26. The van der Waals surface area contributed by atoms with E-state index in [-0.39, 0.29) is 36.2 Å². The summed E-state index contributed by atoms with van der Waals surface area (Å²) >= 11 is 5.84. The van der Waals surface area contributed by atoms with Gasteiger partial charge >= 0.3 is 0 Å². The van der Waals surface area contributed by atoms with Crippen LogP contribution < -0.4 is 5.32 Å². The minimum Gasteiger partial charge on any atom is -0.355 e. The SMILES string of the molecule is O=C(NCCC(=O)N1CCCCC1)C1CCCN(S(=O)(=O)c2ccc(Cl)cc2)C1. The van der Waals surface area contributed by atoms with Crippen molar-refractivity contribution in [2.45, 2.75) is 43.4 Å². The van der Waals surface area contributed by atoms with Crippen molar-refractivity contribution in [2.24, 2.45) is 5.92 Å². The topological polar surface area (TPSA) is 86.8 Å². The molecule has 0 radical (unpaired) electrons. The molecule has 3 rings (SSSR count). The molecule has 1 aromatic rings. The number of amides is 2. The molecule has 0 spiro atoms. The zero-order chi connectivity index (χ0) is 20.9. The van der Waals surface area contributed by atoms with Crippen LogP contribution in [0.5, 0.6) is 0 Å². The van der Waals surface area contributed by atoms with E-state index in [9.17, 15) is 18.0 Å². The number of hydrogen-bond donors (Lipinski definition) is 1. The van der Waals surface area contributed by atoms with Crippen LogP contribution in [-0.4, -0.2) is 62.2 Å². The number of halogens is 1. The van der Waals surface area contributed by atoms with Gasteiger partial charge in [-0.25, -0.2) is 8.42 Å². The molecule has 9 heteroatoms. The van der Waals surface area contributed by atoms with Crippen LogP contribution in [0.2, 0.25) is 5.02 Å². The molecule has 160 valence electrons. The molecular formula is C20H28ClN3O4S. The van der Waals surface area contributed by atoms with Gasteiger partial charge in [0.25, 0.3) is 0 Å². The van der Waals surface area contributed by atoms with Gasteiger partial charge in [0.1, 0.15) is 0 Å². The second-order valence-electron chi connectivity index (χ2n) is 7.64. The van der Waals surface area contributed by atoms with E-state index >= 15 is 0 Å². The maximum atomic E-state index is 12.8. The van der Waals surface area contributed by atoms with Crippen LogP contribution in [0.1, 0.15) is 38.5 Å². The second-order valence-corrected chi connectivity index (χ2v) is 10.0. The van der Waals surface area contributed by atoms with E-state index in [1.54, 1.807) is 12.1 Å². The minimum atomic E-state index is -3.66. The highest BCUT2D eigenvalue weighted by Crippen LogP contribution is 2.25. The third-order valence-corrected chi connectivity index (χ3v) is 7.68. The number of hydrogen-bond acceptors (Lipinski definition) is 4. The Morgan fingerprint density at radius 2 is 1.72 bits per heavy atom. The summed E-state index contributed by atoms with van der Waals surface area (Å²) < 4.78 is 27.1. The van der Waals surface area contributed by atoms with E-state index in [1.165, 1.54) is 16.4 Å². The maximum Gasteiger partial charge on any atom is 0.243 e. The predicted molar refractivity (Wildman–Crippen MR) is 111 cm³/mol. The van der Waals surface area contributed by atoms with Crippen LogP contribution >= 0.6 is 11.6 Å². The molecule has 1 N–H and O–H groups in total. The summed E-state index contributed by atoms with van der Waals surface area (Å²) in [5.74, 6) is -0.524. The van der Waals surface area contributed by atoms with E-state index in [0.717, 1.165) is 32.4 Å². The van der Waals surface area contributed by atoms with E-state index in [2.05, 4.69) is 5.32 Å². The van der Waals surface area contributed by atoms with Crippen LogP contribution in [-0.2, 0) is 19.6 Å². The number of carbonyl (C=O) groups excluding carboxylic acids is 2. The van der Waals surface area contributed by atoms with Gasteiger partial charge < -0.3 is 10.2 Å². The lowest BCUT2D eigenvalue weighted by Crippen LogP contribution is -2.46. The summed E-state index contributed by atoms with van der Waals surface area (Å²) in [5.41, 5.74) is 0. The third-order valence-electron chi connectivity index (χ3n) is 5.55. The fourth-order valence-electron chi connectivity index (χ4n) is 3.87. The number of sulfonamides is 1. The molecule has 2 aliphatic heterocycles. The highest BCUT2D eigenvalue weighted by Gasteiger charge is 2.33. The van der Waals surface area contributed by atoms with Gasteiger partial charge in [0.15, 0.2) is 0 Å². The highest BCUT2D eigenvalue weighted by molar-refractivity contribution is 7.89. The molecule has 1 unspecified atom stereocenters. The normalized spacial score (nSPS) is 21.0. The van der Waals surface area contributed by atoms with Gasteiger partial charge in [-0.15, -0.1) is 0 Å². The molecule has 0 saturated carbocycles. The Hall–Kier alpha value is -1.64. The summed E-state index contributed by atoms with van der Waals surface area (Å²) in [4.78, 5) is 26.8.